The van der Waals surface area contributed by atoms with Crippen molar-refractivity contribution in [3.05, 3.63) is 71.5 Å². The first-order valence-electron chi connectivity index (χ1n) is 10.5. The summed E-state index contributed by atoms with van der Waals surface area (Å²) in [5, 5.41) is 3.55. The van der Waals surface area contributed by atoms with E-state index in [1.54, 1.807) is 0 Å². The van der Waals surface area contributed by atoms with E-state index in [4.69, 9.17) is 0 Å². The van der Waals surface area contributed by atoms with Crippen LogP contribution in [0.1, 0.15) is 36.8 Å². The Morgan fingerprint density at radius 1 is 1.03 bits per heavy atom. The maximum atomic E-state index is 13.5. The van der Waals surface area contributed by atoms with Crippen molar-refractivity contribution in [3.63, 3.8) is 0 Å². The first-order valence-corrected chi connectivity index (χ1v) is 10.5. The largest absolute Gasteiger partial charge is 0.341 e. The number of nitrogens with zero attached hydrogens (tertiary/aromatic N) is 1. The van der Waals surface area contributed by atoms with Crippen LogP contribution in [0.3, 0.4) is 0 Å². The minimum Gasteiger partial charge on any atom is -0.341 e. The molecule has 1 atom stereocenters. The summed E-state index contributed by atoms with van der Waals surface area (Å²) in [5.41, 5.74) is 1.96. The Labute approximate surface area is 179 Å². The predicted octanol–water partition coefficient (Wildman–Crippen LogP) is 4.39. The lowest BCUT2D eigenvalue weighted by Gasteiger charge is -2.39. The van der Waals surface area contributed by atoms with Crippen LogP contribution in [-0.4, -0.2) is 36.0 Å². The van der Waals surface area contributed by atoms with Gasteiger partial charge in [-0.1, -0.05) is 42.5 Å². The van der Waals surface area contributed by atoms with Gasteiger partial charge in [-0.3, -0.25) is 4.79 Å². The fourth-order valence-electron chi connectivity index (χ4n) is 4.76. The lowest BCUT2D eigenvalue weighted by Crippen LogP contribution is -2.57. The Hall–Kier alpha value is -1.91. The Balaban J connectivity index is 0.00000240. The summed E-state index contributed by atoms with van der Waals surface area (Å²) in [6.45, 7) is 2.56. The van der Waals surface area contributed by atoms with Crippen LogP contribution in [0, 0.1) is 11.7 Å². The Morgan fingerprint density at radius 3 is 2.34 bits per heavy atom. The monoisotopic (exact) mass is 416 g/mol. The average molecular weight is 417 g/mol. The van der Waals surface area contributed by atoms with Crippen molar-refractivity contribution in [2.24, 2.45) is 5.92 Å². The minimum atomic E-state index is -0.439. The molecule has 0 aliphatic carbocycles. The molecule has 0 radical (unpaired) electrons. The quantitative estimate of drug-likeness (QED) is 0.783. The molecule has 1 amide bonds. The van der Waals surface area contributed by atoms with Crippen molar-refractivity contribution in [1.29, 1.82) is 0 Å². The van der Waals surface area contributed by atoms with Crippen LogP contribution in [-0.2, 0) is 17.6 Å². The van der Waals surface area contributed by atoms with Gasteiger partial charge in [0.2, 0.25) is 5.91 Å². The van der Waals surface area contributed by atoms with E-state index in [1.165, 1.54) is 23.3 Å². The molecule has 1 N–H and O–H groups in total. The van der Waals surface area contributed by atoms with Gasteiger partial charge in [0, 0.05) is 13.1 Å². The molecule has 2 aliphatic heterocycles. The third-order valence-electron chi connectivity index (χ3n) is 6.34. The number of carbonyl (C=O) groups is 1. The van der Waals surface area contributed by atoms with Crippen LogP contribution in [0.2, 0.25) is 0 Å². The molecule has 0 saturated carbocycles. The van der Waals surface area contributed by atoms with E-state index < -0.39 is 5.54 Å². The first kappa shape index (κ1) is 21.8. The van der Waals surface area contributed by atoms with Crippen molar-refractivity contribution < 1.29 is 9.18 Å². The molecule has 0 aromatic heterocycles. The van der Waals surface area contributed by atoms with E-state index >= 15 is 0 Å². The highest BCUT2D eigenvalue weighted by molar-refractivity contribution is 5.87. The second kappa shape index (κ2) is 9.73. The van der Waals surface area contributed by atoms with Gasteiger partial charge in [-0.15, -0.1) is 12.4 Å². The van der Waals surface area contributed by atoms with Crippen molar-refractivity contribution in [1.82, 2.24) is 10.2 Å². The maximum absolute atomic E-state index is 13.5. The molecule has 2 heterocycles. The number of likely N-dealkylation sites (tertiary alicyclic amines) is 1. The predicted molar refractivity (Wildman–Crippen MR) is 117 cm³/mol. The van der Waals surface area contributed by atoms with Gasteiger partial charge in [-0.05, 0) is 74.2 Å². The third-order valence-corrected chi connectivity index (χ3v) is 6.34. The molecule has 4 rings (SSSR count). The molecule has 2 aromatic rings. The Morgan fingerprint density at radius 2 is 1.72 bits per heavy atom. The van der Waals surface area contributed by atoms with E-state index in [2.05, 4.69) is 22.3 Å². The number of rotatable bonds is 5. The fraction of sp³-hybridized carbons (Fsp3) is 0.458. The third kappa shape index (κ3) is 5.18. The summed E-state index contributed by atoms with van der Waals surface area (Å²) >= 11 is 0. The van der Waals surface area contributed by atoms with Gasteiger partial charge in [0.15, 0.2) is 0 Å². The maximum Gasteiger partial charge on any atom is 0.243 e. The molecule has 0 bridgehead atoms. The lowest BCUT2D eigenvalue weighted by molar-refractivity contribution is -0.139. The van der Waals surface area contributed by atoms with Gasteiger partial charge in [-0.2, -0.15) is 0 Å². The topological polar surface area (TPSA) is 32.3 Å². The van der Waals surface area contributed by atoms with Crippen LogP contribution >= 0.6 is 12.4 Å². The SMILES string of the molecule is Cl.O=C(N1CCC(Cc2ccc(F)cc2)CC1)[C@@]1(Cc2ccccc2)CCCN1. The van der Waals surface area contributed by atoms with Crippen LogP contribution in [0.15, 0.2) is 54.6 Å². The van der Waals surface area contributed by atoms with E-state index in [9.17, 15) is 9.18 Å². The smallest absolute Gasteiger partial charge is 0.243 e. The number of hydrogen-bond acceptors (Lipinski definition) is 2. The second-order valence-corrected chi connectivity index (χ2v) is 8.34. The van der Waals surface area contributed by atoms with Crippen LogP contribution in [0.5, 0.6) is 0 Å². The highest BCUT2D eigenvalue weighted by Gasteiger charge is 2.43. The van der Waals surface area contributed by atoms with Crippen LogP contribution < -0.4 is 5.32 Å². The van der Waals surface area contributed by atoms with Crippen molar-refractivity contribution in [2.45, 2.75) is 44.1 Å². The van der Waals surface area contributed by atoms with Gasteiger partial charge < -0.3 is 10.2 Å². The van der Waals surface area contributed by atoms with Gasteiger partial charge in [0.1, 0.15) is 11.4 Å². The summed E-state index contributed by atoms with van der Waals surface area (Å²) in [7, 11) is 0. The van der Waals surface area contributed by atoms with Gasteiger partial charge >= 0.3 is 0 Å². The number of halogens is 2. The molecule has 2 aromatic carbocycles. The average Bonchev–Trinajstić information content (AvgIpc) is 3.20. The summed E-state index contributed by atoms with van der Waals surface area (Å²) in [6, 6.07) is 17.2. The van der Waals surface area contributed by atoms with Crippen molar-refractivity contribution in [3.8, 4) is 0 Å². The summed E-state index contributed by atoms with van der Waals surface area (Å²) < 4.78 is 13.1. The van der Waals surface area contributed by atoms with Crippen LogP contribution in [0.4, 0.5) is 4.39 Å². The summed E-state index contributed by atoms with van der Waals surface area (Å²) in [5.74, 6) is 0.655. The zero-order valence-electron chi connectivity index (χ0n) is 16.8. The number of hydrogen-bond donors (Lipinski definition) is 1. The normalized spacial score (nSPS) is 22.3. The van der Waals surface area contributed by atoms with Crippen molar-refractivity contribution in [2.75, 3.05) is 19.6 Å². The van der Waals surface area contributed by atoms with Gasteiger partial charge in [0.25, 0.3) is 0 Å². The molecule has 2 fully saturated rings. The number of piperidine rings is 1. The number of benzene rings is 2. The molecular weight excluding hydrogens is 387 g/mol. The number of amides is 1. The standard InChI is InChI=1S/C24H29FN2O.ClH/c25-22-9-7-19(8-10-22)17-20-11-15-27(16-12-20)23(28)24(13-4-14-26-24)18-21-5-2-1-3-6-21;/h1-3,5-10,20,26H,4,11-18H2;1H/t24-;/m0./s1. The number of nitrogens with one attached hydrogen (secondary N) is 1. The van der Waals surface area contributed by atoms with Gasteiger partial charge in [-0.25, -0.2) is 4.39 Å². The highest BCUT2D eigenvalue weighted by atomic mass is 35.5. The zero-order valence-corrected chi connectivity index (χ0v) is 17.6. The summed E-state index contributed by atoms with van der Waals surface area (Å²) in [6.07, 6.45) is 5.74. The van der Waals surface area contributed by atoms with Gasteiger partial charge in [0.05, 0.1) is 0 Å². The molecule has 29 heavy (non-hydrogen) atoms. The van der Waals surface area contributed by atoms with E-state index in [0.717, 1.165) is 58.2 Å². The Kier molecular flexibility index (Phi) is 7.31. The minimum absolute atomic E-state index is 0. The first-order chi connectivity index (χ1) is 13.6. The molecular formula is C24H30ClFN2O. The molecule has 2 saturated heterocycles. The molecule has 0 unspecified atom stereocenters. The molecule has 5 heteroatoms. The number of carbonyl (C=O) groups excluding carboxylic acids is 1. The molecule has 0 spiro atoms. The fourth-order valence-corrected chi connectivity index (χ4v) is 4.76. The van der Waals surface area contributed by atoms with E-state index in [-0.39, 0.29) is 24.1 Å². The van der Waals surface area contributed by atoms with Crippen molar-refractivity contribution >= 4 is 18.3 Å². The Bertz CT molecular complexity index is 782. The second-order valence-electron chi connectivity index (χ2n) is 8.34. The van der Waals surface area contributed by atoms with E-state index in [0.29, 0.717) is 5.92 Å². The highest BCUT2D eigenvalue weighted by Crippen LogP contribution is 2.29. The zero-order chi connectivity index (χ0) is 19.4. The molecule has 3 nitrogen and oxygen atoms in total. The molecule has 156 valence electrons. The van der Waals surface area contributed by atoms with E-state index in [1.807, 2.05) is 30.3 Å². The molecule has 2 aliphatic rings. The van der Waals surface area contributed by atoms with Crippen LogP contribution in [0.25, 0.3) is 0 Å². The lowest BCUT2D eigenvalue weighted by atomic mass is 9.85. The summed E-state index contributed by atoms with van der Waals surface area (Å²) in [4.78, 5) is 15.5.